The second-order valence-corrected chi connectivity index (χ2v) is 7.44. The van der Waals surface area contributed by atoms with E-state index in [2.05, 4.69) is 22.1 Å². The molecule has 0 atom stereocenters. The predicted octanol–water partition coefficient (Wildman–Crippen LogP) is 1.53. The average Bonchev–Trinajstić information content (AvgIpc) is 3.29. The number of aromatic nitrogens is 1. The summed E-state index contributed by atoms with van der Waals surface area (Å²) in [5, 5.41) is 4.39. The van der Waals surface area contributed by atoms with Gasteiger partial charge in [-0.3, -0.25) is 4.79 Å². The molecule has 0 spiro atoms. The number of hydrogen-bond acceptors (Lipinski definition) is 4. The van der Waals surface area contributed by atoms with Crippen molar-refractivity contribution >= 4 is 23.2 Å². The molecule has 0 unspecified atom stereocenters. The maximum atomic E-state index is 12.3. The summed E-state index contributed by atoms with van der Waals surface area (Å²) in [5.41, 5.74) is 1.06. The van der Waals surface area contributed by atoms with Crippen LogP contribution in [-0.4, -0.2) is 58.9 Å². The van der Waals surface area contributed by atoms with Crippen molar-refractivity contribution in [3.8, 4) is 0 Å². The molecule has 0 bridgehead atoms. The molecule has 0 radical (unpaired) electrons. The van der Waals surface area contributed by atoms with E-state index in [1.54, 1.807) is 11.3 Å². The van der Waals surface area contributed by atoms with Gasteiger partial charge in [0.25, 0.3) is 0 Å². The van der Waals surface area contributed by atoms with Crippen LogP contribution in [0.2, 0.25) is 0 Å². The number of amides is 1. The molecule has 23 heavy (non-hydrogen) atoms. The van der Waals surface area contributed by atoms with E-state index in [-0.39, 0.29) is 5.91 Å². The quantitative estimate of drug-likeness (QED) is 0.670. The molecule has 1 aliphatic carbocycles. The number of hydrogen-bond donors (Lipinski definition) is 1. The molecule has 1 saturated carbocycles. The maximum absolute atomic E-state index is 12.3. The van der Waals surface area contributed by atoms with E-state index in [1.165, 1.54) is 17.7 Å². The van der Waals surface area contributed by atoms with E-state index in [0.717, 1.165) is 36.3 Å². The van der Waals surface area contributed by atoms with E-state index in [4.69, 9.17) is 4.99 Å². The molecule has 0 aromatic carbocycles. The highest BCUT2D eigenvalue weighted by atomic mass is 32.1. The Bertz CT molecular complexity index is 608. The minimum atomic E-state index is 0.231. The van der Waals surface area contributed by atoms with Gasteiger partial charge in [0.15, 0.2) is 5.96 Å². The topological polar surface area (TPSA) is 60.8 Å². The highest BCUT2D eigenvalue weighted by molar-refractivity contribution is 7.11. The molecular weight excluding hydrogens is 310 g/mol. The van der Waals surface area contributed by atoms with Crippen molar-refractivity contribution in [1.29, 1.82) is 0 Å². The molecule has 1 saturated heterocycles. The molecule has 1 amide bonds. The van der Waals surface area contributed by atoms with Crippen LogP contribution in [0.1, 0.15) is 35.3 Å². The number of guanidine groups is 1. The molecular formula is C16H25N5OS. The molecule has 1 N–H and O–H groups in total. The first-order valence-electron chi connectivity index (χ1n) is 8.34. The van der Waals surface area contributed by atoms with Crippen LogP contribution in [0.15, 0.2) is 4.99 Å². The van der Waals surface area contributed by atoms with Gasteiger partial charge in [-0.1, -0.05) is 0 Å². The van der Waals surface area contributed by atoms with Gasteiger partial charge in [0, 0.05) is 30.6 Å². The smallest absolute Gasteiger partial charge is 0.242 e. The average molecular weight is 335 g/mol. The maximum Gasteiger partial charge on any atom is 0.242 e. The van der Waals surface area contributed by atoms with Crippen molar-refractivity contribution in [1.82, 2.24) is 20.1 Å². The number of carbonyl (C=O) groups excluding carboxylic acids is 1. The third-order valence-corrected chi connectivity index (χ3v) is 5.31. The Kier molecular flexibility index (Phi) is 4.84. The fourth-order valence-corrected chi connectivity index (χ4v) is 3.79. The minimum Gasteiger partial charge on any atom is -0.356 e. The van der Waals surface area contributed by atoms with Gasteiger partial charge in [0.1, 0.15) is 0 Å². The molecule has 1 aliphatic heterocycles. The van der Waals surface area contributed by atoms with Crippen LogP contribution in [0.4, 0.5) is 0 Å². The summed E-state index contributed by atoms with van der Waals surface area (Å²) in [6, 6.07) is 0.506. The van der Waals surface area contributed by atoms with E-state index < -0.39 is 0 Å². The summed E-state index contributed by atoms with van der Waals surface area (Å²) < 4.78 is 0. The van der Waals surface area contributed by atoms with E-state index in [0.29, 0.717) is 19.1 Å². The highest BCUT2D eigenvalue weighted by Crippen LogP contribution is 2.28. The van der Waals surface area contributed by atoms with Crippen LogP contribution >= 0.6 is 11.3 Å². The molecule has 1 aromatic rings. The fourth-order valence-electron chi connectivity index (χ4n) is 2.93. The highest BCUT2D eigenvalue weighted by Gasteiger charge is 2.36. The van der Waals surface area contributed by atoms with E-state index in [9.17, 15) is 4.79 Å². The predicted molar refractivity (Wildman–Crippen MR) is 92.7 cm³/mol. The normalized spacial score (nSPS) is 19.4. The van der Waals surface area contributed by atoms with Crippen molar-refractivity contribution in [3.05, 3.63) is 15.6 Å². The Morgan fingerprint density at radius 3 is 2.74 bits per heavy atom. The van der Waals surface area contributed by atoms with Gasteiger partial charge in [0.2, 0.25) is 5.91 Å². The number of piperazine rings is 1. The second kappa shape index (κ2) is 6.86. The summed E-state index contributed by atoms with van der Waals surface area (Å²) in [5.74, 6) is 1.07. The summed E-state index contributed by atoms with van der Waals surface area (Å²) >= 11 is 1.69. The molecule has 7 heteroatoms. The van der Waals surface area contributed by atoms with E-state index >= 15 is 0 Å². The number of nitrogens with zero attached hydrogens (tertiary/aromatic N) is 4. The number of nitrogens with one attached hydrogen (secondary N) is 1. The summed E-state index contributed by atoms with van der Waals surface area (Å²) in [6.45, 7) is 9.63. The van der Waals surface area contributed by atoms with E-state index in [1.807, 2.05) is 18.7 Å². The van der Waals surface area contributed by atoms with Gasteiger partial charge in [-0.2, -0.15) is 0 Å². The SMILES string of the molecule is CCNC(=NCc1sc(C)nc1C)N1CCN(C2CC2)C(=O)C1. The van der Waals surface area contributed by atoms with Crippen molar-refractivity contribution in [2.45, 2.75) is 46.2 Å². The minimum absolute atomic E-state index is 0.231. The Labute approximate surface area is 141 Å². The largest absolute Gasteiger partial charge is 0.356 e. The van der Waals surface area contributed by atoms with Gasteiger partial charge < -0.3 is 15.1 Å². The summed E-state index contributed by atoms with van der Waals surface area (Å²) in [7, 11) is 0. The summed E-state index contributed by atoms with van der Waals surface area (Å²) in [4.78, 5) is 26.8. The molecule has 2 fully saturated rings. The molecule has 126 valence electrons. The van der Waals surface area contributed by atoms with Crippen molar-refractivity contribution < 1.29 is 4.79 Å². The lowest BCUT2D eigenvalue weighted by atomic mass is 10.3. The van der Waals surface area contributed by atoms with Crippen LogP contribution in [0.3, 0.4) is 0 Å². The molecule has 3 rings (SSSR count). The first-order chi connectivity index (χ1) is 11.1. The van der Waals surface area contributed by atoms with Crippen LogP contribution < -0.4 is 5.32 Å². The van der Waals surface area contributed by atoms with Gasteiger partial charge in [0.05, 0.1) is 23.8 Å². The number of aliphatic imine (C=N–C) groups is 1. The first kappa shape index (κ1) is 16.2. The molecule has 6 nitrogen and oxygen atoms in total. The number of aryl methyl sites for hydroxylation is 2. The number of rotatable bonds is 4. The molecule has 1 aromatic heterocycles. The van der Waals surface area contributed by atoms with Crippen LogP contribution in [-0.2, 0) is 11.3 Å². The summed E-state index contributed by atoms with van der Waals surface area (Å²) in [6.07, 6.45) is 2.34. The zero-order valence-corrected chi connectivity index (χ0v) is 14.9. The first-order valence-corrected chi connectivity index (χ1v) is 9.15. The lowest BCUT2D eigenvalue weighted by Gasteiger charge is -2.36. The Balaban J connectivity index is 1.67. The van der Waals surface area contributed by atoms with Gasteiger partial charge in [-0.05, 0) is 33.6 Å². The lowest BCUT2D eigenvalue weighted by Crippen LogP contribution is -2.55. The van der Waals surface area contributed by atoms with Crippen molar-refractivity contribution in [2.24, 2.45) is 4.99 Å². The second-order valence-electron chi connectivity index (χ2n) is 6.15. The fraction of sp³-hybridized carbons (Fsp3) is 0.688. The van der Waals surface area contributed by atoms with Gasteiger partial charge in [-0.15, -0.1) is 11.3 Å². The van der Waals surface area contributed by atoms with Gasteiger partial charge >= 0.3 is 0 Å². The lowest BCUT2D eigenvalue weighted by molar-refractivity contribution is -0.135. The zero-order chi connectivity index (χ0) is 16.4. The standard InChI is InChI=1S/C16H25N5OS/c1-4-17-16(18-9-14-11(2)19-12(3)23-14)20-7-8-21(13-5-6-13)15(22)10-20/h13H,4-10H2,1-3H3,(H,17,18). The Hall–Kier alpha value is -1.63. The van der Waals surface area contributed by atoms with Crippen molar-refractivity contribution in [2.75, 3.05) is 26.2 Å². The van der Waals surface area contributed by atoms with Crippen LogP contribution in [0, 0.1) is 13.8 Å². The number of carbonyl (C=O) groups is 1. The number of thiazole rings is 1. The van der Waals surface area contributed by atoms with Crippen LogP contribution in [0.5, 0.6) is 0 Å². The van der Waals surface area contributed by atoms with Gasteiger partial charge in [-0.25, -0.2) is 9.98 Å². The molecule has 2 heterocycles. The Morgan fingerprint density at radius 2 is 2.17 bits per heavy atom. The Morgan fingerprint density at radius 1 is 1.39 bits per heavy atom. The molecule has 2 aliphatic rings. The zero-order valence-electron chi connectivity index (χ0n) is 14.1. The van der Waals surface area contributed by atoms with Crippen molar-refractivity contribution in [3.63, 3.8) is 0 Å². The third-order valence-electron chi connectivity index (χ3n) is 4.25. The monoisotopic (exact) mass is 335 g/mol. The third kappa shape index (κ3) is 3.83. The van der Waals surface area contributed by atoms with Crippen LogP contribution in [0.25, 0.3) is 0 Å².